The van der Waals surface area contributed by atoms with E-state index in [-0.39, 0.29) is 12.5 Å². The molecule has 4 aromatic rings. The van der Waals surface area contributed by atoms with Crippen molar-refractivity contribution in [2.45, 2.75) is 19.6 Å². The highest BCUT2D eigenvalue weighted by Crippen LogP contribution is 2.40. The van der Waals surface area contributed by atoms with E-state index in [0.29, 0.717) is 50.9 Å². The minimum Gasteiger partial charge on any atom is -0.497 e. The summed E-state index contributed by atoms with van der Waals surface area (Å²) >= 11 is 6.29. The Kier molecular flexibility index (Phi) is 7.79. The predicted octanol–water partition coefficient (Wildman–Crippen LogP) is 5.46. The van der Waals surface area contributed by atoms with Crippen molar-refractivity contribution < 1.29 is 23.7 Å². The van der Waals surface area contributed by atoms with Crippen molar-refractivity contribution in [3.05, 3.63) is 94.4 Å². The second kappa shape index (κ2) is 11.6. The molecule has 0 fully saturated rings. The fraction of sp³-hybridized carbons (Fsp3) is 0.207. The summed E-state index contributed by atoms with van der Waals surface area (Å²) in [4.78, 5) is 18.2. The normalized spacial score (nSPS) is 14.2. The summed E-state index contributed by atoms with van der Waals surface area (Å²) in [5, 5.41) is 11.2. The van der Waals surface area contributed by atoms with Gasteiger partial charge in [0, 0.05) is 22.3 Å². The molecule has 1 aromatic heterocycles. The third kappa shape index (κ3) is 5.26. The van der Waals surface area contributed by atoms with E-state index in [4.69, 9.17) is 30.5 Å². The van der Waals surface area contributed by atoms with Gasteiger partial charge in [-0.1, -0.05) is 35.9 Å². The molecular weight excluding hydrogens is 534 g/mol. The molecule has 1 amide bonds. The van der Waals surface area contributed by atoms with Crippen molar-refractivity contribution in [3.8, 4) is 23.0 Å². The molecule has 0 unspecified atom stereocenters. The molecule has 206 valence electrons. The second-order valence-electron chi connectivity index (χ2n) is 8.91. The van der Waals surface area contributed by atoms with Crippen LogP contribution in [0.4, 0.5) is 11.6 Å². The zero-order chi connectivity index (χ0) is 28.2. The van der Waals surface area contributed by atoms with E-state index in [1.807, 2.05) is 43.3 Å². The van der Waals surface area contributed by atoms with Gasteiger partial charge in [0.15, 0.2) is 11.5 Å². The van der Waals surface area contributed by atoms with E-state index in [0.717, 1.165) is 11.1 Å². The Bertz CT molecular complexity index is 1580. The summed E-state index contributed by atoms with van der Waals surface area (Å²) in [5.74, 6) is 2.27. The topological polar surface area (TPSA) is 109 Å². The Morgan fingerprint density at radius 1 is 1.00 bits per heavy atom. The zero-order valence-electron chi connectivity index (χ0n) is 22.4. The molecule has 11 heteroatoms. The summed E-state index contributed by atoms with van der Waals surface area (Å²) in [6, 6.07) is 17.6. The molecule has 1 aliphatic heterocycles. The summed E-state index contributed by atoms with van der Waals surface area (Å²) in [5.41, 5.74) is 3.14. The maximum absolute atomic E-state index is 13.8. The van der Waals surface area contributed by atoms with Gasteiger partial charge in [-0.3, -0.25) is 4.79 Å². The van der Waals surface area contributed by atoms with Gasteiger partial charge >= 0.3 is 0 Å². The molecule has 0 saturated heterocycles. The Balaban J connectivity index is 1.49. The number of allylic oxidation sites excluding steroid dienone is 1. The Hall–Kier alpha value is -4.70. The minimum absolute atomic E-state index is 0.269. The molecule has 0 bridgehead atoms. The Morgan fingerprint density at radius 2 is 1.77 bits per heavy atom. The average Bonchev–Trinajstić information content (AvgIpc) is 3.44. The van der Waals surface area contributed by atoms with E-state index in [9.17, 15) is 4.79 Å². The Morgan fingerprint density at radius 3 is 2.52 bits per heavy atom. The maximum Gasteiger partial charge on any atom is 0.255 e. The number of carbonyl (C=O) groups is 1. The van der Waals surface area contributed by atoms with Gasteiger partial charge in [0.2, 0.25) is 5.95 Å². The quantitative estimate of drug-likeness (QED) is 0.277. The molecule has 5 rings (SSSR count). The SMILES string of the molecule is COc1ccc(OC)c(NC(=O)C2=C(C)Nc3ncnn3[C@@H]2c2ccc(OCc3ccccc3Cl)c(OC)c2)c1. The first-order valence-corrected chi connectivity index (χ1v) is 12.8. The summed E-state index contributed by atoms with van der Waals surface area (Å²) < 4.78 is 24.2. The van der Waals surface area contributed by atoms with Gasteiger partial charge in [-0.05, 0) is 42.8 Å². The fourth-order valence-electron chi connectivity index (χ4n) is 4.54. The van der Waals surface area contributed by atoms with Gasteiger partial charge in [0.05, 0.1) is 32.6 Å². The average molecular weight is 562 g/mol. The third-order valence-corrected chi connectivity index (χ3v) is 6.91. The highest BCUT2D eigenvalue weighted by molar-refractivity contribution is 6.31. The second-order valence-corrected chi connectivity index (χ2v) is 9.31. The molecule has 0 saturated carbocycles. The minimum atomic E-state index is -0.609. The standard InChI is InChI=1S/C29H28ClN5O5/c1-17-26(28(36)34-22-14-20(37-2)10-12-23(22)38-3)27(35-29(33-17)31-16-32-35)18-9-11-24(25(13-18)39-4)40-15-19-7-5-6-8-21(19)30/h5-14,16,27H,15H2,1-4H3,(H,34,36)(H,31,32,33)/t27-/m1/s1. The third-order valence-electron chi connectivity index (χ3n) is 6.54. The molecule has 0 spiro atoms. The van der Waals surface area contributed by atoms with Gasteiger partial charge in [0.25, 0.3) is 5.91 Å². The van der Waals surface area contributed by atoms with Gasteiger partial charge in [-0.15, -0.1) is 0 Å². The molecule has 40 heavy (non-hydrogen) atoms. The van der Waals surface area contributed by atoms with Crippen LogP contribution in [0.1, 0.15) is 24.1 Å². The van der Waals surface area contributed by atoms with Crippen LogP contribution in [0.2, 0.25) is 5.02 Å². The van der Waals surface area contributed by atoms with Crippen LogP contribution >= 0.6 is 11.6 Å². The molecule has 1 atom stereocenters. The number of rotatable bonds is 9. The molecule has 2 N–H and O–H groups in total. The van der Waals surface area contributed by atoms with E-state index in [2.05, 4.69) is 20.7 Å². The van der Waals surface area contributed by atoms with E-state index < -0.39 is 6.04 Å². The van der Waals surface area contributed by atoms with Crippen molar-refractivity contribution in [3.63, 3.8) is 0 Å². The highest BCUT2D eigenvalue weighted by atomic mass is 35.5. The van der Waals surface area contributed by atoms with Gasteiger partial charge < -0.3 is 29.6 Å². The monoisotopic (exact) mass is 561 g/mol. The first-order chi connectivity index (χ1) is 19.4. The first kappa shape index (κ1) is 26.9. The van der Waals surface area contributed by atoms with E-state index in [1.54, 1.807) is 43.2 Å². The van der Waals surface area contributed by atoms with Crippen molar-refractivity contribution in [1.29, 1.82) is 0 Å². The number of hydrogen-bond acceptors (Lipinski definition) is 8. The fourth-order valence-corrected chi connectivity index (χ4v) is 4.73. The summed E-state index contributed by atoms with van der Waals surface area (Å²) in [6.07, 6.45) is 1.44. The van der Waals surface area contributed by atoms with Gasteiger partial charge in [-0.25, -0.2) is 4.68 Å². The van der Waals surface area contributed by atoms with Crippen LogP contribution in [-0.4, -0.2) is 42.0 Å². The van der Waals surface area contributed by atoms with E-state index in [1.165, 1.54) is 13.4 Å². The lowest BCUT2D eigenvalue weighted by Crippen LogP contribution is -2.31. The number of fused-ring (bicyclic) bond motifs is 1. The maximum atomic E-state index is 13.8. The first-order valence-electron chi connectivity index (χ1n) is 12.4. The van der Waals surface area contributed by atoms with E-state index >= 15 is 0 Å². The van der Waals surface area contributed by atoms with Crippen LogP contribution in [0.5, 0.6) is 23.0 Å². The number of carbonyl (C=O) groups excluding carboxylic acids is 1. The molecule has 10 nitrogen and oxygen atoms in total. The largest absolute Gasteiger partial charge is 0.497 e. The van der Waals surface area contributed by atoms with Crippen LogP contribution in [0.15, 0.2) is 78.3 Å². The number of aromatic nitrogens is 3. The molecule has 1 aliphatic rings. The number of anilines is 2. The highest BCUT2D eigenvalue weighted by Gasteiger charge is 2.34. The molecular formula is C29H28ClN5O5. The molecule has 0 radical (unpaired) electrons. The van der Waals surface area contributed by atoms with Gasteiger partial charge in [0.1, 0.15) is 30.5 Å². The lowest BCUT2D eigenvalue weighted by atomic mass is 9.94. The number of methoxy groups -OCH3 is 3. The number of amides is 1. The van der Waals surface area contributed by atoms with Crippen molar-refractivity contribution >= 4 is 29.1 Å². The number of halogens is 1. The Labute approximate surface area is 236 Å². The lowest BCUT2D eigenvalue weighted by Gasteiger charge is -2.29. The number of nitrogens with zero attached hydrogens (tertiary/aromatic N) is 3. The number of benzene rings is 3. The zero-order valence-corrected chi connectivity index (χ0v) is 23.2. The number of ether oxygens (including phenoxy) is 4. The smallest absolute Gasteiger partial charge is 0.255 e. The number of nitrogens with one attached hydrogen (secondary N) is 2. The van der Waals surface area contributed by atoms with Crippen LogP contribution in [0, 0.1) is 0 Å². The van der Waals surface area contributed by atoms with Crippen LogP contribution in [0.3, 0.4) is 0 Å². The summed E-state index contributed by atoms with van der Waals surface area (Å²) in [7, 11) is 4.66. The van der Waals surface area contributed by atoms with Gasteiger partial charge in [-0.2, -0.15) is 10.1 Å². The van der Waals surface area contributed by atoms with Crippen LogP contribution in [0.25, 0.3) is 0 Å². The predicted molar refractivity (Wildman–Crippen MR) is 151 cm³/mol. The molecule has 2 heterocycles. The van der Waals surface area contributed by atoms with Crippen LogP contribution < -0.4 is 29.6 Å². The van der Waals surface area contributed by atoms with Crippen molar-refractivity contribution in [1.82, 2.24) is 14.8 Å². The molecule has 0 aliphatic carbocycles. The lowest BCUT2D eigenvalue weighted by molar-refractivity contribution is -0.113. The molecule has 3 aromatic carbocycles. The number of hydrogen-bond donors (Lipinski definition) is 2. The van der Waals surface area contributed by atoms with Crippen LogP contribution in [-0.2, 0) is 11.4 Å². The van der Waals surface area contributed by atoms with Crippen molar-refractivity contribution in [2.75, 3.05) is 32.0 Å². The van der Waals surface area contributed by atoms with Crippen molar-refractivity contribution in [2.24, 2.45) is 0 Å². The summed E-state index contributed by atoms with van der Waals surface area (Å²) in [6.45, 7) is 2.09.